The van der Waals surface area contributed by atoms with Crippen LogP contribution in [0.5, 0.6) is 0 Å². The number of thioether (sulfide) groups is 1. The Labute approximate surface area is 125 Å². The number of hydrogen-bond donors (Lipinski definition) is 0. The minimum absolute atomic E-state index is 0.0497. The molecule has 1 fully saturated rings. The Morgan fingerprint density at radius 1 is 1.35 bits per heavy atom. The van der Waals surface area contributed by atoms with Crippen molar-refractivity contribution >= 4 is 17.7 Å². The van der Waals surface area contributed by atoms with Crippen LogP contribution in [-0.4, -0.2) is 34.1 Å². The van der Waals surface area contributed by atoms with E-state index in [1.807, 2.05) is 11.8 Å². The van der Waals surface area contributed by atoms with Gasteiger partial charge in [-0.2, -0.15) is 0 Å². The minimum atomic E-state index is -0.139. The van der Waals surface area contributed by atoms with Gasteiger partial charge >= 0.3 is 0 Å². The Balaban J connectivity index is 1.95. The lowest BCUT2D eigenvalue weighted by atomic mass is 9.94. The zero-order valence-corrected chi connectivity index (χ0v) is 13.6. The number of aromatic nitrogens is 1. The standard InChI is InChI=1S/C15H24N2O2S/c1-11(13(18)17-8-6-5-7-9-17)20-14-16-10-12(19-14)15(2,3)4/h10-11H,5-9H2,1-4H3/t11-/m1/s1. The summed E-state index contributed by atoms with van der Waals surface area (Å²) in [7, 11) is 0. The van der Waals surface area contributed by atoms with Gasteiger partial charge in [0.2, 0.25) is 5.91 Å². The molecule has 1 aromatic heterocycles. The fourth-order valence-corrected chi connectivity index (χ4v) is 3.04. The van der Waals surface area contributed by atoms with Crippen molar-refractivity contribution in [3.05, 3.63) is 12.0 Å². The molecule has 1 aromatic rings. The highest BCUT2D eigenvalue weighted by Gasteiger charge is 2.25. The number of rotatable bonds is 3. The second-order valence-corrected chi connectivity index (χ2v) is 7.68. The number of amides is 1. The first-order valence-electron chi connectivity index (χ1n) is 7.29. The number of piperidine rings is 1. The maximum Gasteiger partial charge on any atom is 0.256 e. The van der Waals surface area contributed by atoms with Gasteiger partial charge in [-0.3, -0.25) is 4.79 Å². The van der Waals surface area contributed by atoms with Crippen LogP contribution in [0.15, 0.2) is 15.8 Å². The molecular weight excluding hydrogens is 272 g/mol. The number of carbonyl (C=O) groups excluding carboxylic acids is 1. The molecule has 0 saturated carbocycles. The zero-order chi connectivity index (χ0) is 14.8. The van der Waals surface area contributed by atoms with E-state index in [9.17, 15) is 4.79 Å². The predicted molar refractivity (Wildman–Crippen MR) is 81.0 cm³/mol. The molecule has 0 spiro atoms. The Morgan fingerprint density at radius 3 is 2.55 bits per heavy atom. The van der Waals surface area contributed by atoms with Crippen LogP contribution >= 0.6 is 11.8 Å². The second-order valence-electron chi connectivity index (χ2n) is 6.39. The minimum Gasteiger partial charge on any atom is -0.436 e. The second kappa shape index (κ2) is 6.20. The average Bonchev–Trinajstić information content (AvgIpc) is 2.87. The lowest BCUT2D eigenvalue weighted by Gasteiger charge is -2.28. The molecule has 1 amide bonds. The zero-order valence-electron chi connectivity index (χ0n) is 12.8. The molecule has 1 saturated heterocycles. The van der Waals surface area contributed by atoms with E-state index in [1.54, 1.807) is 6.20 Å². The molecule has 4 nitrogen and oxygen atoms in total. The largest absolute Gasteiger partial charge is 0.436 e. The molecule has 2 rings (SSSR count). The van der Waals surface area contributed by atoms with Gasteiger partial charge in [-0.1, -0.05) is 32.5 Å². The first-order chi connectivity index (χ1) is 9.38. The third-order valence-corrected chi connectivity index (χ3v) is 4.46. The normalized spacial score (nSPS) is 18.1. The molecule has 5 heteroatoms. The Kier molecular flexibility index (Phi) is 4.78. The molecule has 2 heterocycles. The van der Waals surface area contributed by atoms with Crippen LogP contribution < -0.4 is 0 Å². The fraction of sp³-hybridized carbons (Fsp3) is 0.733. The van der Waals surface area contributed by atoms with E-state index in [0.29, 0.717) is 5.22 Å². The van der Waals surface area contributed by atoms with Gasteiger partial charge in [-0.05, 0) is 26.2 Å². The maximum atomic E-state index is 12.3. The van der Waals surface area contributed by atoms with Gasteiger partial charge < -0.3 is 9.32 Å². The number of carbonyl (C=O) groups is 1. The lowest BCUT2D eigenvalue weighted by Crippen LogP contribution is -2.40. The molecule has 0 bridgehead atoms. The van der Waals surface area contributed by atoms with Crippen molar-refractivity contribution in [2.24, 2.45) is 0 Å². The first kappa shape index (κ1) is 15.4. The van der Waals surface area contributed by atoms with Crippen molar-refractivity contribution in [2.75, 3.05) is 13.1 Å². The average molecular weight is 296 g/mol. The Morgan fingerprint density at radius 2 is 2.00 bits per heavy atom. The van der Waals surface area contributed by atoms with Crippen LogP contribution in [0.25, 0.3) is 0 Å². The quantitative estimate of drug-likeness (QED) is 0.801. The fourth-order valence-electron chi connectivity index (χ4n) is 2.23. The molecule has 0 unspecified atom stereocenters. The Bertz CT molecular complexity index is 459. The molecule has 0 aromatic carbocycles. The van der Waals surface area contributed by atoms with E-state index in [2.05, 4.69) is 25.8 Å². The molecule has 0 aliphatic carbocycles. The van der Waals surface area contributed by atoms with Crippen LogP contribution in [-0.2, 0) is 10.2 Å². The maximum absolute atomic E-state index is 12.3. The number of nitrogens with zero attached hydrogens (tertiary/aromatic N) is 2. The number of hydrogen-bond acceptors (Lipinski definition) is 4. The third kappa shape index (κ3) is 3.78. The topological polar surface area (TPSA) is 46.3 Å². The summed E-state index contributed by atoms with van der Waals surface area (Å²) in [5.41, 5.74) is -0.0497. The van der Waals surface area contributed by atoms with Crippen molar-refractivity contribution in [3.8, 4) is 0 Å². The van der Waals surface area contributed by atoms with Gasteiger partial charge in [0, 0.05) is 18.5 Å². The van der Waals surface area contributed by atoms with E-state index in [1.165, 1.54) is 18.2 Å². The van der Waals surface area contributed by atoms with Gasteiger partial charge in [-0.25, -0.2) is 4.98 Å². The van der Waals surface area contributed by atoms with Gasteiger partial charge in [0.1, 0.15) is 5.76 Å². The molecular formula is C15H24N2O2S. The molecule has 112 valence electrons. The van der Waals surface area contributed by atoms with E-state index in [4.69, 9.17) is 4.42 Å². The van der Waals surface area contributed by atoms with Crippen molar-refractivity contribution in [1.82, 2.24) is 9.88 Å². The van der Waals surface area contributed by atoms with Crippen molar-refractivity contribution < 1.29 is 9.21 Å². The van der Waals surface area contributed by atoms with Crippen molar-refractivity contribution in [1.29, 1.82) is 0 Å². The molecule has 20 heavy (non-hydrogen) atoms. The van der Waals surface area contributed by atoms with Crippen LogP contribution in [0.4, 0.5) is 0 Å². The van der Waals surface area contributed by atoms with E-state index < -0.39 is 0 Å². The highest BCUT2D eigenvalue weighted by atomic mass is 32.2. The highest BCUT2D eigenvalue weighted by Crippen LogP contribution is 2.29. The summed E-state index contributed by atoms with van der Waals surface area (Å²) in [4.78, 5) is 18.6. The van der Waals surface area contributed by atoms with Gasteiger partial charge in [-0.15, -0.1) is 0 Å². The van der Waals surface area contributed by atoms with Gasteiger partial charge in [0.05, 0.1) is 11.4 Å². The number of likely N-dealkylation sites (tertiary alicyclic amines) is 1. The van der Waals surface area contributed by atoms with Crippen LogP contribution in [0.3, 0.4) is 0 Å². The lowest BCUT2D eigenvalue weighted by molar-refractivity contribution is -0.131. The van der Waals surface area contributed by atoms with E-state index in [0.717, 1.165) is 31.7 Å². The monoisotopic (exact) mass is 296 g/mol. The molecule has 1 atom stereocenters. The third-order valence-electron chi connectivity index (χ3n) is 3.52. The summed E-state index contributed by atoms with van der Waals surface area (Å²) in [5, 5.41) is 0.451. The highest BCUT2D eigenvalue weighted by molar-refractivity contribution is 8.00. The molecule has 0 radical (unpaired) electrons. The molecule has 1 aliphatic rings. The summed E-state index contributed by atoms with van der Waals surface area (Å²) < 4.78 is 5.74. The van der Waals surface area contributed by atoms with Crippen molar-refractivity contribution in [3.63, 3.8) is 0 Å². The van der Waals surface area contributed by atoms with Crippen LogP contribution in [0.2, 0.25) is 0 Å². The van der Waals surface area contributed by atoms with E-state index >= 15 is 0 Å². The van der Waals surface area contributed by atoms with Crippen LogP contribution in [0.1, 0.15) is 52.7 Å². The summed E-state index contributed by atoms with van der Waals surface area (Å²) in [6, 6.07) is 0. The SMILES string of the molecule is C[C@@H](Sc1ncc(C(C)(C)C)o1)C(=O)N1CCCCC1. The smallest absolute Gasteiger partial charge is 0.256 e. The van der Waals surface area contributed by atoms with Crippen molar-refractivity contribution in [2.45, 2.75) is 62.8 Å². The first-order valence-corrected chi connectivity index (χ1v) is 8.17. The molecule has 0 N–H and O–H groups in total. The Hall–Kier alpha value is -0.970. The number of oxazole rings is 1. The summed E-state index contributed by atoms with van der Waals surface area (Å²) >= 11 is 1.41. The summed E-state index contributed by atoms with van der Waals surface area (Å²) in [5.74, 6) is 1.06. The van der Waals surface area contributed by atoms with Crippen LogP contribution in [0, 0.1) is 0 Å². The van der Waals surface area contributed by atoms with Gasteiger partial charge in [0.15, 0.2) is 0 Å². The summed E-state index contributed by atoms with van der Waals surface area (Å²) in [6.45, 7) is 9.98. The summed E-state index contributed by atoms with van der Waals surface area (Å²) in [6.07, 6.45) is 5.24. The predicted octanol–water partition coefficient (Wildman–Crippen LogP) is 3.47. The van der Waals surface area contributed by atoms with E-state index in [-0.39, 0.29) is 16.6 Å². The molecule has 1 aliphatic heterocycles. The van der Waals surface area contributed by atoms with Gasteiger partial charge in [0.25, 0.3) is 5.22 Å².